The van der Waals surface area contributed by atoms with Gasteiger partial charge in [-0.2, -0.15) is 0 Å². The van der Waals surface area contributed by atoms with Crippen LogP contribution in [-0.2, 0) is 19.6 Å². The van der Waals surface area contributed by atoms with E-state index in [1.807, 2.05) is 37.3 Å². The van der Waals surface area contributed by atoms with Gasteiger partial charge in [0.05, 0.1) is 10.6 Å². The maximum atomic E-state index is 11.9. The van der Waals surface area contributed by atoms with Crippen molar-refractivity contribution < 1.29 is 29.1 Å². The SMILES string of the molecule is CC1CCCCC1OC(=O)OOOC(=O)c1ccc(-c2ccccc2)cc1. The van der Waals surface area contributed by atoms with E-state index in [-0.39, 0.29) is 17.6 Å². The normalized spacial score (nSPS) is 19.1. The van der Waals surface area contributed by atoms with Crippen molar-refractivity contribution in [2.75, 3.05) is 0 Å². The van der Waals surface area contributed by atoms with Crippen molar-refractivity contribution in [2.45, 2.75) is 38.7 Å². The van der Waals surface area contributed by atoms with Crippen molar-refractivity contribution in [3.8, 4) is 11.1 Å². The predicted octanol–water partition coefficient (Wildman–Crippen LogP) is 5.09. The van der Waals surface area contributed by atoms with Crippen LogP contribution in [0.5, 0.6) is 0 Å². The van der Waals surface area contributed by atoms with Crippen molar-refractivity contribution in [1.82, 2.24) is 0 Å². The summed E-state index contributed by atoms with van der Waals surface area (Å²) in [6, 6.07) is 16.6. The molecule has 0 bridgehead atoms. The molecule has 1 fully saturated rings. The fourth-order valence-corrected chi connectivity index (χ4v) is 3.15. The van der Waals surface area contributed by atoms with E-state index in [0.29, 0.717) is 0 Å². The Morgan fingerprint density at radius 3 is 2.22 bits per heavy atom. The zero-order chi connectivity index (χ0) is 19.1. The summed E-state index contributed by atoms with van der Waals surface area (Å²) in [7, 11) is 0. The lowest BCUT2D eigenvalue weighted by molar-refractivity contribution is -0.453. The molecule has 0 N–H and O–H groups in total. The van der Waals surface area contributed by atoms with Crippen LogP contribution in [0.3, 0.4) is 0 Å². The van der Waals surface area contributed by atoms with Crippen LogP contribution in [0.1, 0.15) is 43.0 Å². The van der Waals surface area contributed by atoms with E-state index in [2.05, 4.69) is 14.8 Å². The minimum Gasteiger partial charge on any atom is -0.429 e. The zero-order valence-electron chi connectivity index (χ0n) is 15.1. The number of carbonyl (C=O) groups is 2. The van der Waals surface area contributed by atoms with Crippen LogP contribution in [0.4, 0.5) is 4.79 Å². The molecule has 1 aliphatic carbocycles. The number of hydrogen-bond acceptors (Lipinski definition) is 6. The van der Waals surface area contributed by atoms with Gasteiger partial charge >= 0.3 is 12.1 Å². The van der Waals surface area contributed by atoms with E-state index < -0.39 is 12.1 Å². The fraction of sp³-hybridized carbons (Fsp3) is 0.333. The molecule has 2 aromatic carbocycles. The molecule has 0 spiro atoms. The van der Waals surface area contributed by atoms with Crippen LogP contribution >= 0.6 is 0 Å². The van der Waals surface area contributed by atoms with Crippen molar-refractivity contribution in [3.63, 3.8) is 0 Å². The summed E-state index contributed by atoms with van der Waals surface area (Å²) >= 11 is 0. The molecule has 0 aliphatic heterocycles. The first kappa shape index (κ1) is 18.9. The van der Waals surface area contributed by atoms with Gasteiger partial charge in [-0.05, 0) is 48.4 Å². The summed E-state index contributed by atoms with van der Waals surface area (Å²) in [5.74, 6) is -0.495. The molecular formula is C21H22O6. The van der Waals surface area contributed by atoms with Crippen molar-refractivity contribution in [1.29, 1.82) is 0 Å². The standard InChI is InChI=1S/C21H22O6/c1-15-7-5-6-10-19(15)24-21(23)26-27-25-20(22)18-13-11-17(12-14-18)16-8-3-2-4-9-16/h2-4,8-9,11-15,19H,5-7,10H2,1H3. The Labute approximate surface area is 157 Å². The molecule has 0 radical (unpaired) electrons. The third kappa shape index (κ3) is 5.31. The van der Waals surface area contributed by atoms with Gasteiger partial charge in [0, 0.05) is 0 Å². The van der Waals surface area contributed by atoms with Gasteiger partial charge in [-0.15, -0.1) is 0 Å². The van der Waals surface area contributed by atoms with Crippen LogP contribution in [0.2, 0.25) is 0 Å². The second-order valence-electron chi connectivity index (χ2n) is 6.63. The van der Waals surface area contributed by atoms with Crippen LogP contribution in [0.25, 0.3) is 11.1 Å². The molecule has 1 aliphatic rings. The third-order valence-electron chi connectivity index (χ3n) is 4.72. The van der Waals surface area contributed by atoms with Gasteiger partial charge in [-0.1, -0.05) is 55.8 Å². The molecule has 6 nitrogen and oxygen atoms in total. The van der Waals surface area contributed by atoms with Crippen LogP contribution in [0, 0.1) is 5.92 Å². The van der Waals surface area contributed by atoms with Gasteiger partial charge in [0.1, 0.15) is 6.10 Å². The Balaban J connectivity index is 1.44. The first-order valence-corrected chi connectivity index (χ1v) is 9.05. The highest BCUT2D eigenvalue weighted by molar-refractivity contribution is 5.89. The lowest BCUT2D eigenvalue weighted by Crippen LogP contribution is -2.28. The number of hydrogen-bond donors (Lipinski definition) is 0. The highest BCUT2D eigenvalue weighted by Gasteiger charge is 2.26. The van der Waals surface area contributed by atoms with E-state index in [9.17, 15) is 9.59 Å². The molecule has 6 heteroatoms. The molecule has 0 aromatic heterocycles. The minimum atomic E-state index is -1.01. The second-order valence-corrected chi connectivity index (χ2v) is 6.63. The topological polar surface area (TPSA) is 71.1 Å². The minimum absolute atomic E-state index is 0.198. The lowest BCUT2D eigenvalue weighted by atomic mass is 9.88. The molecule has 2 atom stereocenters. The number of rotatable bonds is 5. The molecule has 142 valence electrons. The Bertz CT molecular complexity index is 756. The average Bonchev–Trinajstić information content (AvgIpc) is 2.70. The Morgan fingerprint density at radius 2 is 1.52 bits per heavy atom. The van der Waals surface area contributed by atoms with Crippen LogP contribution in [-0.4, -0.2) is 18.2 Å². The van der Waals surface area contributed by atoms with Crippen molar-refractivity contribution >= 4 is 12.1 Å². The Hall–Kier alpha value is -2.86. The van der Waals surface area contributed by atoms with Crippen LogP contribution in [0.15, 0.2) is 54.6 Å². The first-order valence-electron chi connectivity index (χ1n) is 9.05. The highest BCUT2D eigenvalue weighted by atomic mass is 17.5. The van der Waals surface area contributed by atoms with E-state index in [4.69, 9.17) is 4.74 Å². The quantitative estimate of drug-likeness (QED) is 0.415. The maximum absolute atomic E-state index is 11.9. The maximum Gasteiger partial charge on any atom is 0.543 e. The van der Waals surface area contributed by atoms with E-state index in [1.54, 1.807) is 24.3 Å². The van der Waals surface area contributed by atoms with E-state index in [0.717, 1.165) is 36.8 Å². The molecule has 3 rings (SSSR count). The monoisotopic (exact) mass is 370 g/mol. The zero-order valence-corrected chi connectivity index (χ0v) is 15.1. The van der Waals surface area contributed by atoms with Gasteiger partial charge in [0.15, 0.2) is 0 Å². The van der Waals surface area contributed by atoms with E-state index >= 15 is 0 Å². The second kappa shape index (κ2) is 9.19. The molecule has 0 amide bonds. The van der Waals surface area contributed by atoms with Gasteiger partial charge in [0.2, 0.25) is 0 Å². The molecule has 2 aromatic rings. The first-order chi connectivity index (χ1) is 13.1. The van der Waals surface area contributed by atoms with Gasteiger partial charge in [-0.3, -0.25) is 4.89 Å². The van der Waals surface area contributed by atoms with Gasteiger partial charge in [-0.25, -0.2) is 14.5 Å². The van der Waals surface area contributed by atoms with Crippen molar-refractivity contribution in [3.05, 3.63) is 60.2 Å². The Morgan fingerprint density at radius 1 is 0.852 bits per heavy atom. The predicted molar refractivity (Wildman–Crippen MR) is 97.4 cm³/mol. The van der Waals surface area contributed by atoms with Crippen molar-refractivity contribution in [2.24, 2.45) is 5.92 Å². The Kier molecular flexibility index (Phi) is 6.44. The summed E-state index contributed by atoms with van der Waals surface area (Å²) < 4.78 is 5.18. The largest absolute Gasteiger partial charge is 0.543 e. The van der Waals surface area contributed by atoms with Crippen LogP contribution < -0.4 is 0 Å². The summed E-state index contributed by atoms with van der Waals surface area (Å²) in [5.41, 5.74) is 2.28. The molecular weight excluding hydrogens is 348 g/mol. The fourth-order valence-electron chi connectivity index (χ4n) is 3.15. The molecule has 1 saturated carbocycles. The van der Waals surface area contributed by atoms with Gasteiger partial charge in [0.25, 0.3) is 0 Å². The molecule has 0 heterocycles. The lowest BCUT2D eigenvalue weighted by Gasteiger charge is -2.27. The molecule has 0 saturated heterocycles. The average molecular weight is 370 g/mol. The molecule has 27 heavy (non-hydrogen) atoms. The summed E-state index contributed by atoms with van der Waals surface area (Å²) in [5, 5.41) is 4.28. The number of carbonyl (C=O) groups excluding carboxylic acids is 2. The molecule has 2 unspecified atom stereocenters. The third-order valence-corrected chi connectivity index (χ3v) is 4.72. The summed E-state index contributed by atoms with van der Waals surface area (Å²) in [6.45, 7) is 2.02. The number of ether oxygens (including phenoxy) is 1. The summed E-state index contributed by atoms with van der Waals surface area (Å²) in [4.78, 5) is 32.4. The highest BCUT2D eigenvalue weighted by Crippen LogP contribution is 2.26. The smallest absolute Gasteiger partial charge is 0.429 e. The van der Waals surface area contributed by atoms with Gasteiger partial charge < -0.3 is 4.74 Å². The summed E-state index contributed by atoms with van der Waals surface area (Å²) in [6.07, 6.45) is 2.73. The van der Waals surface area contributed by atoms with E-state index in [1.165, 1.54) is 0 Å². The number of benzene rings is 2.